The van der Waals surface area contributed by atoms with Crippen molar-refractivity contribution in [3.05, 3.63) is 48.6 Å². The fourth-order valence-electron chi connectivity index (χ4n) is 7.62. The molecule has 0 spiro atoms. The van der Waals surface area contributed by atoms with Gasteiger partial charge in [0.2, 0.25) is 5.91 Å². The number of hydrogen-bond donors (Lipinski definition) is 3. The zero-order valence-corrected chi connectivity index (χ0v) is 38.4. The van der Waals surface area contributed by atoms with Gasteiger partial charge < -0.3 is 15.5 Å². The van der Waals surface area contributed by atoms with Gasteiger partial charge in [-0.05, 0) is 70.6 Å². The molecule has 0 aliphatic rings. The second-order valence-electron chi connectivity index (χ2n) is 17.2. The molecule has 0 saturated carbocycles. The fourth-order valence-corrected chi connectivity index (χ4v) is 7.62. The maximum Gasteiger partial charge on any atom is 0.220 e. The van der Waals surface area contributed by atoms with E-state index in [1.807, 2.05) is 6.08 Å². The first kappa shape index (κ1) is 55.4. The van der Waals surface area contributed by atoms with Crippen LogP contribution in [0.4, 0.5) is 0 Å². The van der Waals surface area contributed by atoms with E-state index < -0.39 is 12.1 Å². The number of unbranched alkanes of at least 4 members (excludes halogenated alkanes) is 33. The van der Waals surface area contributed by atoms with Gasteiger partial charge in [-0.25, -0.2) is 0 Å². The summed E-state index contributed by atoms with van der Waals surface area (Å²) in [6, 6.07) is -0.646. The van der Waals surface area contributed by atoms with Crippen LogP contribution in [0.5, 0.6) is 0 Å². The first-order valence-electron chi connectivity index (χ1n) is 25.4. The van der Waals surface area contributed by atoms with Crippen molar-refractivity contribution in [2.75, 3.05) is 6.61 Å². The van der Waals surface area contributed by atoms with Crippen molar-refractivity contribution in [3.8, 4) is 0 Å². The molecule has 57 heavy (non-hydrogen) atoms. The molecule has 0 rings (SSSR count). The topological polar surface area (TPSA) is 69.6 Å². The molecule has 0 aromatic rings. The zero-order chi connectivity index (χ0) is 41.4. The molecule has 2 atom stereocenters. The average molecular weight is 798 g/mol. The molecule has 3 N–H and O–H groups in total. The third kappa shape index (κ3) is 45.3. The Balaban J connectivity index is 3.57. The molecule has 1 amide bonds. The van der Waals surface area contributed by atoms with Gasteiger partial charge in [0, 0.05) is 6.42 Å². The number of aliphatic hydroxyl groups excluding tert-OH is 2. The molecular formula is C53H99NO3. The maximum atomic E-state index is 12.4. The molecule has 2 unspecified atom stereocenters. The quantitative estimate of drug-likeness (QED) is 0.0424. The van der Waals surface area contributed by atoms with E-state index in [0.29, 0.717) is 6.42 Å². The van der Waals surface area contributed by atoms with Crippen LogP contribution in [-0.4, -0.2) is 34.9 Å². The molecule has 0 bridgehead atoms. The molecular weight excluding hydrogens is 699 g/mol. The van der Waals surface area contributed by atoms with E-state index in [1.54, 1.807) is 6.08 Å². The normalized spacial score (nSPS) is 13.3. The third-order valence-electron chi connectivity index (χ3n) is 11.5. The van der Waals surface area contributed by atoms with Crippen LogP contribution in [-0.2, 0) is 4.79 Å². The minimum absolute atomic E-state index is 0.0764. The Morgan fingerprint density at radius 1 is 0.404 bits per heavy atom. The molecule has 0 saturated heterocycles. The Morgan fingerprint density at radius 2 is 0.684 bits per heavy atom. The lowest BCUT2D eigenvalue weighted by Crippen LogP contribution is -2.45. The van der Waals surface area contributed by atoms with Crippen LogP contribution >= 0.6 is 0 Å². The number of aliphatic hydroxyl groups is 2. The van der Waals surface area contributed by atoms with Crippen molar-refractivity contribution >= 4 is 5.91 Å². The summed E-state index contributed by atoms with van der Waals surface area (Å²) in [6.07, 6.45) is 66.7. The average Bonchev–Trinajstić information content (AvgIpc) is 3.22. The molecule has 0 radical (unpaired) electrons. The van der Waals surface area contributed by atoms with Crippen LogP contribution in [0.3, 0.4) is 0 Å². The Labute approximate surface area is 356 Å². The van der Waals surface area contributed by atoms with Gasteiger partial charge in [-0.1, -0.05) is 236 Å². The summed E-state index contributed by atoms with van der Waals surface area (Å²) >= 11 is 0. The van der Waals surface area contributed by atoms with E-state index in [-0.39, 0.29) is 12.5 Å². The van der Waals surface area contributed by atoms with Crippen molar-refractivity contribution in [2.45, 2.75) is 276 Å². The summed E-state index contributed by atoms with van der Waals surface area (Å²) in [4.78, 5) is 12.4. The first-order valence-corrected chi connectivity index (χ1v) is 25.4. The standard InChI is InChI=1S/C53H99NO3/c1-3-5-7-9-11-13-15-17-19-21-23-25-26-27-28-29-31-33-35-37-39-41-43-45-47-49-53(57)54-51(50-55)52(56)48-46-44-42-40-38-36-34-32-30-24-22-20-18-16-14-12-10-8-6-4-2/h21,23,30,32,38,40,46,48,51-52,55-56H,3-20,22,24-29,31,33-37,39,41-45,47,49-50H2,1-2H3,(H,54,57)/b23-21-,32-30+,40-38+,48-46+. The van der Waals surface area contributed by atoms with E-state index in [4.69, 9.17) is 0 Å². The minimum Gasteiger partial charge on any atom is -0.394 e. The van der Waals surface area contributed by atoms with Crippen molar-refractivity contribution in [3.63, 3.8) is 0 Å². The van der Waals surface area contributed by atoms with E-state index in [9.17, 15) is 15.0 Å². The Hall–Kier alpha value is -1.65. The highest BCUT2D eigenvalue weighted by atomic mass is 16.3. The van der Waals surface area contributed by atoms with Crippen molar-refractivity contribution in [2.24, 2.45) is 0 Å². The number of carbonyl (C=O) groups is 1. The van der Waals surface area contributed by atoms with Gasteiger partial charge in [0.05, 0.1) is 18.8 Å². The Bertz CT molecular complexity index is 908. The van der Waals surface area contributed by atoms with Gasteiger partial charge in [0.25, 0.3) is 0 Å². The lowest BCUT2D eigenvalue weighted by Gasteiger charge is -2.19. The summed E-state index contributed by atoms with van der Waals surface area (Å²) in [5, 5.41) is 23.1. The molecule has 0 aliphatic carbocycles. The summed E-state index contributed by atoms with van der Waals surface area (Å²) in [7, 11) is 0. The number of rotatable bonds is 46. The smallest absolute Gasteiger partial charge is 0.220 e. The van der Waals surface area contributed by atoms with Gasteiger partial charge in [-0.2, -0.15) is 0 Å². The van der Waals surface area contributed by atoms with E-state index in [1.165, 1.54) is 205 Å². The molecule has 0 fully saturated rings. The van der Waals surface area contributed by atoms with Crippen LogP contribution < -0.4 is 5.32 Å². The largest absolute Gasteiger partial charge is 0.394 e. The van der Waals surface area contributed by atoms with Crippen LogP contribution in [0, 0.1) is 0 Å². The highest BCUT2D eigenvalue weighted by Gasteiger charge is 2.17. The zero-order valence-electron chi connectivity index (χ0n) is 38.4. The summed E-state index contributed by atoms with van der Waals surface area (Å²) < 4.78 is 0. The van der Waals surface area contributed by atoms with Gasteiger partial charge in [0.15, 0.2) is 0 Å². The summed E-state index contributed by atoms with van der Waals surface area (Å²) in [6.45, 7) is 4.31. The lowest BCUT2D eigenvalue weighted by atomic mass is 10.0. The molecule has 0 heterocycles. The third-order valence-corrected chi connectivity index (χ3v) is 11.5. The van der Waals surface area contributed by atoms with Gasteiger partial charge in [0.1, 0.15) is 0 Å². The maximum absolute atomic E-state index is 12.4. The molecule has 0 aliphatic heterocycles. The highest BCUT2D eigenvalue weighted by molar-refractivity contribution is 5.76. The van der Waals surface area contributed by atoms with Crippen molar-refractivity contribution < 1.29 is 15.0 Å². The van der Waals surface area contributed by atoms with Crippen LogP contribution in [0.15, 0.2) is 48.6 Å². The first-order chi connectivity index (χ1) is 28.2. The van der Waals surface area contributed by atoms with Gasteiger partial charge >= 0.3 is 0 Å². The number of amides is 1. The van der Waals surface area contributed by atoms with Crippen LogP contribution in [0.1, 0.15) is 264 Å². The van der Waals surface area contributed by atoms with Gasteiger partial charge in [-0.15, -0.1) is 0 Å². The molecule has 334 valence electrons. The SMILES string of the molecule is CCCCCCCCCC/C=C\CCCCCCCCCCCCCCCC(=O)NC(CO)C(O)/C=C/CC/C=C/CC/C=C/CCCCCCCCCCCC. The molecule has 0 aromatic carbocycles. The van der Waals surface area contributed by atoms with Gasteiger partial charge in [-0.3, -0.25) is 4.79 Å². The van der Waals surface area contributed by atoms with Crippen LogP contribution in [0.2, 0.25) is 0 Å². The fraction of sp³-hybridized carbons (Fsp3) is 0.830. The monoisotopic (exact) mass is 798 g/mol. The molecule has 4 nitrogen and oxygen atoms in total. The summed E-state index contributed by atoms with van der Waals surface area (Å²) in [5.41, 5.74) is 0. The number of nitrogens with one attached hydrogen (secondary N) is 1. The minimum atomic E-state index is -0.870. The predicted octanol–water partition coefficient (Wildman–Crippen LogP) is 16.3. The Morgan fingerprint density at radius 3 is 1.02 bits per heavy atom. The van der Waals surface area contributed by atoms with Crippen molar-refractivity contribution in [1.29, 1.82) is 0 Å². The molecule has 0 aromatic heterocycles. The number of allylic oxidation sites excluding steroid dienone is 7. The van der Waals surface area contributed by atoms with E-state index in [2.05, 4.69) is 55.6 Å². The van der Waals surface area contributed by atoms with E-state index >= 15 is 0 Å². The molecule has 4 heteroatoms. The predicted molar refractivity (Wildman–Crippen MR) is 253 cm³/mol. The summed E-state index contributed by atoms with van der Waals surface area (Å²) in [5.74, 6) is -0.0764. The van der Waals surface area contributed by atoms with Crippen LogP contribution in [0.25, 0.3) is 0 Å². The van der Waals surface area contributed by atoms with Crippen molar-refractivity contribution in [1.82, 2.24) is 5.32 Å². The number of carbonyl (C=O) groups excluding carboxylic acids is 1. The highest BCUT2D eigenvalue weighted by Crippen LogP contribution is 2.15. The van der Waals surface area contributed by atoms with E-state index in [0.717, 1.165) is 38.5 Å². The Kier molecular flexibility index (Phi) is 47.3. The lowest BCUT2D eigenvalue weighted by molar-refractivity contribution is -0.123. The second kappa shape index (κ2) is 48.7. The second-order valence-corrected chi connectivity index (χ2v) is 17.2. The number of hydrogen-bond acceptors (Lipinski definition) is 3.